The van der Waals surface area contributed by atoms with Crippen molar-refractivity contribution in [2.45, 2.75) is 0 Å². The molecule has 0 saturated heterocycles. The normalized spacial score (nSPS) is 10.8. The van der Waals surface area contributed by atoms with Gasteiger partial charge in [0, 0.05) is 18.2 Å². The highest BCUT2D eigenvalue weighted by Crippen LogP contribution is 2.18. The van der Waals surface area contributed by atoms with E-state index in [-0.39, 0.29) is 0 Å². The zero-order chi connectivity index (χ0) is 13.4. The maximum atomic E-state index is 11.2. The maximum Gasteiger partial charge on any atom is 0.248 e. The Morgan fingerprint density at radius 3 is 2.95 bits per heavy atom. The minimum absolute atomic E-state index is 0.433. The molecule has 0 radical (unpaired) electrons. The molecule has 3 rings (SSSR count). The van der Waals surface area contributed by atoms with Crippen molar-refractivity contribution >= 4 is 17.1 Å². The largest absolute Gasteiger partial charge is 0.366 e. The summed E-state index contributed by atoms with van der Waals surface area (Å²) >= 11 is 0. The van der Waals surface area contributed by atoms with Crippen LogP contribution in [0.4, 0.5) is 0 Å². The first-order valence-corrected chi connectivity index (χ1v) is 5.69. The monoisotopic (exact) mass is 253 g/mol. The molecule has 0 atom stereocenters. The van der Waals surface area contributed by atoms with Gasteiger partial charge in [0.1, 0.15) is 5.52 Å². The third kappa shape index (κ3) is 1.93. The summed E-state index contributed by atoms with van der Waals surface area (Å²) in [5, 5.41) is 0. The Labute approximate surface area is 108 Å². The third-order valence-corrected chi connectivity index (χ3v) is 2.89. The number of benzene rings is 1. The Kier molecular flexibility index (Phi) is 2.49. The zero-order valence-corrected chi connectivity index (χ0v) is 10.2. The second-order valence-corrected chi connectivity index (χ2v) is 4.20. The van der Waals surface area contributed by atoms with Crippen molar-refractivity contribution in [3.63, 3.8) is 0 Å². The van der Waals surface area contributed by atoms with Crippen molar-refractivity contribution in [1.29, 1.82) is 0 Å². The number of hydrogen-bond donors (Lipinski definition) is 1. The lowest BCUT2D eigenvalue weighted by molar-refractivity contribution is 0.100. The van der Waals surface area contributed by atoms with Crippen molar-refractivity contribution in [2.24, 2.45) is 12.8 Å². The highest BCUT2D eigenvalue weighted by Gasteiger charge is 2.08. The molecule has 0 fully saturated rings. The molecule has 19 heavy (non-hydrogen) atoms. The van der Waals surface area contributed by atoms with Gasteiger partial charge in [0.25, 0.3) is 0 Å². The van der Waals surface area contributed by atoms with Crippen LogP contribution in [0.15, 0.2) is 36.8 Å². The molecule has 2 heterocycles. The van der Waals surface area contributed by atoms with Gasteiger partial charge in [0.05, 0.1) is 12.5 Å². The molecule has 0 unspecified atom stereocenters. The van der Waals surface area contributed by atoms with Gasteiger partial charge in [-0.05, 0) is 12.1 Å². The molecular formula is C13H11N5O. The predicted octanol–water partition coefficient (Wildman–Crippen LogP) is 1.13. The molecule has 0 bridgehead atoms. The van der Waals surface area contributed by atoms with E-state index >= 15 is 0 Å². The van der Waals surface area contributed by atoms with Crippen molar-refractivity contribution in [1.82, 2.24) is 19.5 Å². The first-order valence-electron chi connectivity index (χ1n) is 5.69. The van der Waals surface area contributed by atoms with Gasteiger partial charge in [0.15, 0.2) is 11.5 Å². The molecule has 6 heteroatoms. The van der Waals surface area contributed by atoms with E-state index in [1.807, 2.05) is 17.7 Å². The highest BCUT2D eigenvalue weighted by molar-refractivity contribution is 5.93. The number of carbonyl (C=O) groups excluding carboxylic acids is 1. The molecule has 0 aliphatic carbocycles. The van der Waals surface area contributed by atoms with E-state index in [0.717, 1.165) is 11.1 Å². The summed E-state index contributed by atoms with van der Waals surface area (Å²) in [6.45, 7) is 0. The quantitative estimate of drug-likeness (QED) is 0.741. The van der Waals surface area contributed by atoms with Crippen LogP contribution in [0, 0.1) is 0 Å². The minimum Gasteiger partial charge on any atom is -0.366 e. The van der Waals surface area contributed by atoms with E-state index in [4.69, 9.17) is 5.73 Å². The molecule has 1 aromatic carbocycles. The lowest BCUT2D eigenvalue weighted by Crippen LogP contribution is -2.10. The summed E-state index contributed by atoms with van der Waals surface area (Å²) in [7, 11) is 1.88. The van der Waals surface area contributed by atoms with Crippen molar-refractivity contribution in [2.75, 3.05) is 0 Å². The van der Waals surface area contributed by atoms with Crippen LogP contribution in [0.25, 0.3) is 22.6 Å². The van der Waals surface area contributed by atoms with E-state index in [1.54, 1.807) is 30.7 Å². The molecule has 94 valence electrons. The summed E-state index contributed by atoms with van der Waals surface area (Å²) in [4.78, 5) is 24.0. The number of amides is 1. The van der Waals surface area contributed by atoms with Crippen molar-refractivity contribution < 1.29 is 4.79 Å². The third-order valence-electron chi connectivity index (χ3n) is 2.89. The number of imidazole rings is 1. The number of carbonyl (C=O) groups is 1. The lowest BCUT2D eigenvalue weighted by atomic mass is 10.1. The summed E-state index contributed by atoms with van der Waals surface area (Å²) in [6, 6.07) is 6.91. The highest BCUT2D eigenvalue weighted by atomic mass is 16.1. The summed E-state index contributed by atoms with van der Waals surface area (Å²) in [6.07, 6.45) is 3.39. The fourth-order valence-corrected chi connectivity index (χ4v) is 1.86. The van der Waals surface area contributed by atoms with Gasteiger partial charge in [-0.3, -0.25) is 4.79 Å². The van der Waals surface area contributed by atoms with Crippen LogP contribution in [-0.2, 0) is 7.05 Å². The molecule has 2 N–H and O–H groups in total. The van der Waals surface area contributed by atoms with Gasteiger partial charge in [0.2, 0.25) is 5.91 Å². The average molecular weight is 253 g/mol. The van der Waals surface area contributed by atoms with Crippen LogP contribution in [0.5, 0.6) is 0 Å². The van der Waals surface area contributed by atoms with Gasteiger partial charge in [-0.1, -0.05) is 12.1 Å². The van der Waals surface area contributed by atoms with Crippen LogP contribution < -0.4 is 5.73 Å². The first kappa shape index (κ1) is 11.3. The summed E-state index contributed by atoms with van der Waals surface area (Å²) in [5.41, 5.74) is 7.91. The Morgan fingerprint density at radius 2 is 2.16 bits per heavy atom. The maximum absolute atomic E-state index is 11.2. The second-order valence-electron chi connectivity index (χ2n) is 4.20. The summed E-state index contributed by atoms with van der Waals surface area (Å²) in [5.74, 6) is 0.0510. The summed E-state index contributed by atoms with van der Waals surface area (Å²) < 4.78 is 1.85. The van der Waals surface area contributed by atoms with Gasteiger partial charge in [-0.2, -0.15) is 0 Å². The van der Waals surface area contributed by atoms with E-state index in [1.165, 1.54) is 0 Å². The molecule has 1 amide bonds. The molecule has 0 aliphatic rings. The number of fused-ring (bicyclic) bond motifs is 1. The number of aromatic nitrogens is 4. The average Bonchev–Trinajstić information content (AvgIpc) is 2.80. The first-order chi connectivity index (χ1) is 9.15. The Hall–Kier alpha value is -2.76. The molecule has 2 aromatic heterocycles. The predicted molar refractivity (Wildman–Crippen MR) is 70.3 cm³/mol. The van der Waals surface area contributed by atoms with E-state index in [2.05, 4.69) is 15.0 Å². The zero-order valence-electron chi connectivity index (χ0n) is 10.2. The van der Waals surface area contributed by atoms with Crippen LogP contribution in [-0.4, -0.2) is 25.4 Å². The van der Waals surface area contributed by atoms with Crippen LogP contribution in [0.2, 0.25) is 0 Å². The number of nitrogens with zero attached hydrogens (tertiary/aromatic N) is 4. The van der Waals surface area contributed by atoms with Gasteiger partial charge in [-0.15, -0.1) is 0 Å². The molecular weight excluding hydrogens is 242 g/mol. The topological polar surface area (TPSA) is 86.7 Å². The van der Waals surface area contributed by atoms with Crippen LogP contribution in [0.3, 0.4) is 0 Å². The molecule has 0 spiro atoms. The number of primary amides is 1. The fourth-order valence-electron chi connectivity index (χ4n) is 1.86. The second kappa shape index (κ2) is 4.16. The van der Waals surface area contributed by atoms with Crippen molar-refractivity contribution in [3.05, 3.63) is 42.4 Å². The number of rotatable bonds is 2. The standard InChI is InChI=1S/C13H11N5O/c1-18-7-16-13-10(18)6-15-12(17-13)9-4-2-3-8(5-9)11(14)19/h2-7H,1H3,(H2,14,19). The fraction of sp³-hybridized carbons (Fsp3) is 0.0769. The van der Waals surface area contributed by atoms with Gasteiger partial charge in [-0.25, -0.2) is 15.0 Å². The lowest BCUT2D eigenvalue weighted by Gasteiger charge is -2.02. The van der Waals surface area contributed by atoms with Gasteiger partial charge < -0.3 is 10.3 Å². The SMILES string of the molecule is Cn1cnc2nc(-c3cccc(C(N)=O)c3)ncc21. The number of nitrogens with two attached hydrogens (primary N) is 1. The molecule has 0 saturated carbocycles. The number of hydrogen-bond acceptors (Lipinski definition) is 4. The Morgan fingerprint density at radius 1 is 1.32 bits per heavy atom. The Balaban J connectivity index is 2.13. The number of aryl methyl sites for hydroxylation is 1. The van der Waals surface area contributed by atoms with Crippen molar-refractivity contribution in [3.8, 4) is 11.4 Å². The van der Waals surface area contributed by atoms with E-state index in [9.17, 15) is 4.79 Å². The van der Waals surface area contributed by atoms with E-state index in [0.29, 0.717) is 17.0 Å². The van der Waals surface area contributed by atoms with Crippen LogP contribution in [0.1, 0.15) is 10.4 Å². The molecule has 3 aromatic rings. The minimum atomic E-state index is -0.472. The Bertz CT molecular complexity index is 778. The van der Waals surface area contributed by atoms with Gasteiger partial charge >= 0.3 is 0 Å². The molecule has 0 aliphatic heterocycles. The van der Waals surface area contributed by atoms with E-state index < -0.39 is 5.91 Å². The molecule has 6 nitrogen and oxygen atoms in total. The van der Waals surface area contributed by atoms with Crippen LogP contribution >= 0.6 is 0 Å². The smallest absolute Gasteiger partial charge is 0.248 e.